The van der Waals surface area contributed by atoms with Gasteiger partial charge in [0, 0.05) is 12.6 Å². The summed E-state index contributed by atoms with van der Waals surface area (Å²) in [6, 6.07) is 2.93. The first-order chi connectivity index (χ1) is 9.85. The van der Waals surface area contributed by atoms with E-state index in [1.54, 1.807) is 26.8 Å². The molecule has 0 fully saturated rings. The van der Waals surface area contributed by atoms with Gasteiger partial charge in [-0.3, -0.25) is 0 Å². The van der Waals surface area contributed by atoms with Gasteiger partial charge >= 0.3 is 6.09 Å². The molecule has 6 heteroatoms. The molecule has 1 aliphatic rings. The number of ether oxygens (including phenoxy) is 3. The van der Waals surface area contributed by atoms with Crippen molar-refractivity contribution in [2.45, 2.75) is 32.8 Å². The van der Waals surface area contributed by atoms with Crippen LogP contribution in [-0.2, 0) is 11.2 Å². The molecule has 1 heterocycles. The molecule has 1 aromatic carbocycles. The first-order valence-corrected chi connectivity index (χ1v) is 6.90. The Morgan fingerprint density at radius 1 is 1.29 bits per heavy atom. The zero-order valence-electron chi connectivity index (χ0n) is 12.5. The van der Waals surface area contributed by atoms with Crippen LogP contribution in [0.1, 0.15) is 26.3 Å². The van der Waals surface area contributed by atoms with Crippen molar-refractivity contribution in [3.05, 3.63) is 23.5 Å². The predicted octanol–water partition coefficient (Wildman–Crippen LogP) is 2.66. The summed E-state index contributed by atoms with van der Waals surface area (Å²) >= 11 is 0. The van der Waals surface area contributed by atoms with Gasteiger partial charge in [0.2, 0.25) is 0 Å². The molecule has 0 unspecified atom stereocenters. The second-order valence-corrected chi connectivity index (χ2v) is 5.77. The fourth-order valence-corrected chi connectivity index (χ4v) is 1.91. The predicted molar refractivity (Wildman–Crippen MR) is 75.3 cm³/mol. The summed E-state index contributed by atoms with van der Waals surface area (Å²) < 4.78 is 29.7. The molecule has 0 atom stereocenters. The number of hydrogen-bond donors (Lipinski definition) is 1. The molecule has 1 N–H and O–H groups in total. The number of fused-ring (bicyclic) bond motifs is 1. The maximum atomic E-state index is 13.9. The Bertz CT molecular complexity index is 525. The van der Waals surface area contributed by atoms with Crippen LogP contribution < -0.4 is 14.8 Å². The minimum absolute atomic E-state index is 0.283. The van der Waals surface area contributed by atoms with E-state index < -0.39 is 11.7 Å². The molecule has 0 spiro atoms. The van der Waals surface area contributed by atoms with Crippen LogP contribution in [0.3, 0.4) is 0 Å². The van der Waals surface area contributed by atoms with Gasteiger partial charge in [0.15, 0.2) is 11.5 Å². The summed E-state index contributed by atoms with van der Waals surface area (Å²) in [5.74, 6) is 0.586. The smallest absolute Gasteiger partial charge is 0.407 e. The van der Waals surface area contributed by atoms with Gasteiger partial charge in [0.25, 0.3) is 0 Å². The molecule has 0 bridgehead atoms. The van der Waals surface area contributed by atoms with Crippen LogP contribution in [0.2, 0.25) is 0 Å². The standard InChI is InChI=1S/C15H20FNO4/c1-15(2,3)21-14(18)17-5-4-10-8-12-13(9-11(10)16)20-7-6-19-12/h8-9H,4-7H2,1-3H3,(H,17,18). The molecule has 0 radical (unpaired) electrons. The third-order valence-corrected chi connectivity index (χ3v) is 2.77. The molecule has 0 saturated carbocycles. The Balaban J connectivity index is 1.90. The SMILES string of the molecule is CC(C)(C)OC(=O)NCCc1cc2c(cc1F)OCCO2. The van der Waals surface area contributed by atoms with Crippen molar-refractivity contribution >= 4 is 6.09 Å². The molecule has 0 aliphatic carbocycles. The van der Waals surface area contributed by atoms with E-state index >= 15 is 0 Å². The van der Waals surface area contributed by atoms with E-state index in [2.05, 4.69) is 5.32 Å². The van der Waals surface area contributed by atoms with Crippen LogP contribution in [0, 0.1) is 5.82 Å². The van der Waals surface area contributed by atoms with Gasteiger partial charge in [0.1, 0.15) is 24.6 Å². The Kier molecular flexibility index (Phi) is 4.55. The highest BCUT2D eigenvalue weighted by Gasteiger charge is 2.17. The molecule has 21 heavy (non-hydrogen) atoms. The molecule has 0 saturated heterocycles. The van der Waals surface area contributed by atoms with E-state index in [9.17, 15) is 9.18 Å². The first-order valence-electron chi connectivity index (χ1n) is 6.90. The molecule has 0 aromatic heterocycles. The zero-order chi connectivity index (χ0) is 15.5. The van der Waals surface area contributed by atoms with E-state index in [1.807, 2.05) is 0 Å². The molecule has 2 rings (SSSR count). The van der Waals surface area contributed by atoms with Crippen molar-refractivity contribution in [2.24, 2.45) is 0 Å². The average molecular weight is 297 g/mol. The van der Waals surface area contributed by atoms with Crippen molar-refractivity contribution in [3.63, 3.8) is 0 Å². The van der Waals surface area contributed by atoms with Crippen molar-refractivity contribution in [2.75, 3.05) is 19.8 Å². The number of carbonyl (C=O) groups excluding carboxylic acids is 1. The van der Waals surface area contributed by atoms with Gasteiger partial charge in [-0.1, -0.05) is 0 Å². The van der Waals surface area contributed by atoms with Crippen LogP contribution in [0.15, 0.2) is 12.1 Å². The lowest BCUT2D eigenvalue weighted by Gasteiger charge is -2.20. The van der Waals surface area contributed by atoms with E-state index in [4.69, 9.17) is 14.2 Å². The molecule has 116 valence electrons. The number of amides is 1. The summed E-state index contributed by atoms with van der Waals surface area (Å²) in [6.07, 6.45) is -0.165. The highest BCUT2D eigenvalue weighted by Crippen LogP contribution is 2.32. The molecular weight excluding hydrogens is 277 g/mol. The molecule has 1 amide bonds. The Hall–Kier alpha value is -1.98. The minimum Gasteiger partial charge on any atom is -0.486 e. The maximum Gasteiger partial charge on any atom is 0.407 e. The molecular formula is C15H20FNO4. The Labute approximate surface area is 123 Å². The number of halogens is 1. The van der Waals surface area contributed by atoms with E-state index in [1.165, 1.54) is 6.07 Å². The number of benzene rings is 1. The highest BCUT2D eigenvalue weighted by atomic mass is 19.1. The van der Waals surface area contributed by atoms with Gasteiger partial charge in [-0.05, 0) is 38.8 Å². The van der Waals surface area contributed by atoms with Gasteiger partial charge in [-0.15, -0.1) is 0 Å². The number of alkyl carbamates (subject to hydrolysis) is 1. The maximum absolute atomic E-state index is 13.9. The summed E-state index contributed by atoms with van der Waals surface area (Å²) in [6.45, 7) is 6.51. The monoisotopic (exact) mass is 297 g/mol. The highest BCUT2D eigenvalue weighted by molar-refractivity contribution is 5.67. The molecule has 5 nitrogen and oxygen atoms in total. The van der Waals surface area contributed by atoms with Gasteiger partial charge < -0.3 is 19.5 Å². The van der Waals surface area contributed by atoms with Crippen molar-refractivity contribution < 1.29 is 23.4 Å². The topological polar surface area (TPSA) is 56.8 Å². The van der Waals surface area contributed by atoms with E-state index in [0.717, 1.165) is 0 Å². The Morgan fingerprint density at radius 3 is 2.52 bits per heavy atom. The lowest BCUT2D eigenvalue weighted by Crippen LogP contribution is -2.33. The number of carbonyl (C=O) groups is 1. The fraction of sp³-hybridized carbons (Fsp3) is 0.533. The first kappa shape index (κ1) is 15.4. The normalized spacial score (nSPS) is 13.7. The van der Waals surface area contributed by atoms with E-state index in [0.29, 0.717) is 36.7 Å². The fourth-order valence-electron chi connectivity index (χ4n) is 1.91. The minimum atomic E-state index is -0.549. The van der Waals surface area contributed by atoms with Gasteiger partial charge in [0.05, 0.1) is 0 Å². The summed E-state index contributed by atoms with van der Waals surface area (Å²) in [4.78, 5) is 11.5. The van der Waals surface area contributed by atoms with Crippen LogP contribution in [0.25, 0.3) is 0 Å². The van der Waals surface area contributed by atoms with Crippen molar-refractivity contribution in [3.8, 4) is 11.5 Å². The molecule has 1 aromatic rings. The number of hydrogen-bond acceptors (Lipinski definition) is 4. The molecule has 1 aliphatic heterocycles. The summed E-state index contributed by atoms with van der Waals surface area (Å²) in [7, 11) is 0. The van der Waals surface area contributed by atoms with Gasteiger partial charge in [-0.2, -0.15) is 0 Å². The average Bonchev–Trinajstić information content (AvgIpc) is 2.37. The second-order valence-electron chi connectivity index (χ2n) is 5.77. The summed E-state index contributed by atoms with van der Waals surface area (Å²) in [5, 5.41) is 2.60. The second kappa shape index (κ2) is 6.20. The lowest BCUT2D eigenvalue weighted by molar-refractivity contribution is 0.0528. The van der Waals surface area contributed by atoms with Crippen LogP contribution in [-0.4, -0.2) is 31.5 Å². The third-order valence-electron chi connectivity index (χ3n) is 2.77. The Morgan fingerprint density at radius 2 is 1.90 bits per heavy atom. The summed E-state index contributed by atoms with van der Waals surface area (Å²) in [5.41, 5.74) is -0.0814. The number of rotatable bonds is 3. The quantitative estimate of drug-likeness (QED) is 0.932. The van der Waals surface area contributed by atoms with E-state index in [-0.39, 0.29) is 12.4 Å². The van der Waals surface area contributed by atoms with Crippen LogP contribution in [0.4, 0.5) is 9.18 Å². The third kappa shape index (κ3) is 4.51. The largest absolute Gasteiger partial charge is 0.486 e. The van der Waals surface area contributed by atoms with Crippen molar-refractivity contribution in [1.82, 2.24) is 5.32 Å². The van der Waals surface area contributed by atoms with Crippen LogP contribution >= 0.6 is 0 Å². The lowest BCUT2D eigenvalue weighted by atomic mass is 10.1. The van der Waals surface area contributed by atoms with Gasteiger partial charge in [-0.25, -0.2) is 9.18 Å². The zero-order valence-corrected chi connectivity index (χ0v) is 12.5. The van der Waals surface area contributed by atoms with Crippen molar-refractivity contribution in [1.29, 1.82) is 0 Å². The number of nitrogens with one attached hydrogen (secondary N) is 1. The van der Waals surface area contributed by atoms with Crippen LogP contribution in [0.5, 0.6) is 11.5 Å².